The first kappa shape index (κ1) is 13.7. The molecule has 0 aromatic carbocycles. The second-order valence-corrected chi connectivity index (χ2v) is 4.04. The summed E-state index contributed by atoms with van der Waals surface area (Å²) in [5, 5.41) is 17.6. The van der Waals surface area contributed by atoms with Crippen molar-refractivity contribution in [2.75, 3.05) is 5.32 Å². The Morgan fingerprint density at radius 1 is 1.35 bits per heavy atom. The number of hydrogen-bond donors (Lipinski definition) is 3. The SMILES string of the molecule is O=C(O)CCCC(=O)Nc1nc(-c2cccnc2)n[nH]1. The van der Waals surface area contributed by atoms with E-state index in [-0.39, 0.29) is 31.1 Å². The van der Waals surface area contributed by atoms with Gasteiger partial charge >= 0.3 is 5.97 Å². The maximum absolute atomic E-state index is 11.5. The summed E-state index contributed by atoms with van der Waals surface area (Å²) in [5.41, 5.74) is 0.732. The van der Waals surface area contributed by atoms with Gasteiger partial charge in [0.25, 0.3) is 0 Å². The molecule has 20 heavy (non-hydrogen) atoms. The molecule has 2 rings (SSSR count). The van der Waals surface area contributed by atoms with Crippen molar-refractivity contribution >= 4 is 17.8 Å². The van der Waals surface area contributed by atoms with E-state index in [1.807, 2.05) is 0 Å². The highest BCUT2D eigenvalue weighted by Crippen LogP contribution is 2.13. The van der Waals surface area contributed by atoms with Crippen LogP contribution in [0.3, 0.4) is 0 Å². The first-order valence-corrected chi connectivity index (χ1v) is 5.99. The van der Waals surface area contributed by atoms with E-state index in [1.165, 1.54) is 0 Å². The summed E-state index contributed by atoms with van der Waals surface area (Å²) in [6, 6.07) is 3.56. The smallest absolute Gasteiger partial charge is 0.303 e. The molecule has 0 aliphatic carbocycles. The largest absolute Gasteiger partial charge is 0.481 e. The molecule has 8 nitrogen and oxygen atoms in total. The molecule has 0 fully saturated rings. The molecule has 0 radical (unpaired) electrons. The number of aliphatic carboxylic acids is 1. The van der Waals surface area contributed by atoms with Gasteiger partial charge in [-0.05, 0) is 18.6 Å². The Morgan fingerprint density at radius 3 is 2.90 bits per heavy atom. The van der Waals surface area contributed by atoms with Gasteiger partial charge in [0.1, 0.15) is 0 Å². The minimum atomic E-state index is -0.920. The minimum absolute atomic E-state index is 0.0369. The van der Waals surface area contributed by atoms with Crippen molar-refractivity contribution in [1.29, 1.82) is 0 Å². The number of anilines is 1. The molecule has 2 heterocycles. The third-order valence-electron chi connectivity index (χ3n) is 2.46. The van der Waals surface area contributed by atoms with Crippen molar-refractivity contribution in [3.63, 3.8) is 0 Å². The van der Waals surface area contributed by atoms with Crippen LogP contribution in [0.4, 0.5) is 5.95 Å². The number of nitrogens with one attached hydrogen (secondary N) is 2. The van der Waals surface area contributed by atoms with Crippen LogP contribution in [0.15, 0.2) is 24.5 Å². The van der Waals surface area contributed by atoms with Gasteiger partial charge in [-0.1, -0.05) is 0 Å². The van der Waals surface area contributed by atoms with Gasteiger partial charge in [-0.2, -0.15) is 10.1 Å². The fraction of sp³-hybridized carbons (Fsp3) is 0.250. The Labute approximate surface area is 114 Å². The monoisotopic (exact) mass is 275 g/mol. The average molecular weight is 275 g/mol. The molecule has 0 aliphatic rings. The van der Waals surface area contributed by atoms with E-state index in [4.69, 9.17) is 5.11 Å². The van der Waals surface area contributed by atoms with Gasteiger partial charge < -0.3 is 5.11 Å². The molecule has 0 saturated carbocycles. The van der Waals surface area contributed by atoms with Crippen LogP contribution < -0.4 is 5.32 Å². The lowest BCUT2D eigenvalue weighted by Gasteiger charge is -1.99. The van der Waals surface area contributed by atoms with Gasteiger partial charge in [-0.25, -0.2) is 5.10 Å². The van der Waals surface area contributed by atoms with E-state index in [0.717, 1.165) is 5.56 Å². The molecule has 3 N–H and O–H groups in total. The lowest BCUT2D eigenvalue weighted by Crippen LogP contribution is -2.12. The van der Waals surface area contributed by atoms with Crippen molar-refractivity contribution < 1.29 is 14.7 Å². The molecular weight excluding hydrogens is 262 g/mol. The zero-order valence-electron chi connectivity index (χ0n) is 10.5. The Morgan fingerprint density at radius 2 is 2.20 bits per heavy atom. The number of carboxylic acid groups (broad SMARTS) is 1. The number of amides is 1. The predicted octanol–water partition coefficient (Wildman–Crippen LogP) is 1.06. The molecule has 0 unspecified atom stereocenters. The Bertz CT molecular complexity index is 596. The fourth-order valence-corrected chi connectivity index (χ4v) is 1.54. The van der Waals surface area contributed by atoms with Crippen LogP contribution in [0.2, 0.25) is 0 Å². The number of hydrogen-bond acceptors (Lipinski definition) is 5. The number of carboxylic acids is 1. The third kappa shape index (κ3) is 3.87. The summed E-state index contributed by atoms with van der Waals surface area (Å²) < 4.78 is 0. The molecule has 0 saturated heterocycles. The molecule has 0 aliphatic heterocycles. The molecule has 2 aromatic rings. The zero-order valence-corrected chi connectivity index (χ0v) is 10.5. The van der Waals surface area contributed by atoms with E-state index in [0.29, 0.717) is 5.82 Å². The highest BCUT2D eigenvalue weighted by atomic mass is 16.4. The van der Waals surface area contributed by atoms with Gasteiger partial charge in [-0.3, -0.25) is 19.9 Å². The Balaban J connectivity index is 1.90. The van der Waals surface area contributed by atoms with Gasteiger partial charge in [0.2, 0.25) is 11.9 Å². The lowest BCUT2D eigenvalue weighted by molar-refractivity contribution is -0.137. The second-order valence-electron chi connectivity index (χ2n) is 4.04. The summed E-state index contributed by atoms with van der Waals surface area (Å²) in [4.78, 5) is 29.9. The number of pyridine rings is 1. The number of aromatic amines is 1. The number of nitrogens with zero attached hydrogens (tertiary/aromatic N) is 3. The van der Waals surface area contributed by atoms with Gasteiger partial charge in [0.05, 0.1) is 0 Å². The minimum Gasteiger partial charge on any atom is -0.481 e. The standard InChI is InChI=1S/C12H13N5O3/c18-9(4-1-5-10(19)20)14-12-15-11(16-17-12)8-3-2-6-13-7-8/h2-3,6-7H,1,4-5H2,(H,19,20)(H2,14,15,16,17,18). The summed E-state index contributed by atoms with van der Waals surface area (Å²) in [6.07, 6.45) is 3.62. The van der Waals surface area contributed by atoms with Crippen LogP contribution in [0.1, 0.15) is 19.3 Å². The van der Waals surface area contributed by atoms with E-state index in [2.05, 4.69) is 25.5 Å². The first-order valence-electron chi connectivity index (χ1n) is 5.99. The maximum atomic E-state index is 11.5. The molecule has 0 atom stereocenters. The highest BCUT2D eigenvalue weighted by Gasteiger charge is 2.09. The van der Waals surface area contributed by atoms with Gasteiger partial charge in [0, 0.05) is 30.8 Å². The van der Waals surface area contributed by atoms with Crippen LogP contribution >= 0.6 is 0 Å². The van der Waals surface area contributed by atoms with Gasteiger partial charge in [-0.15, -0.1) is 0 Å². The first-order chi connectivity index (χ1) is 9.65. The molecule has 0 bridgehead atoms. The van der Waals surface area contributed by atoms with Crippen LogP contribution in [0.5, 0.6) is 0 Å². The molecule has 0 spiro atoms. The van der Waals surface area contributed by atoms with Crippen LogP contribution in [-0.2, 0) is 9.59 Å². The molecule has 8 heteroatoms. The summed E-state index contributed by atoms with van der Waals surface area (Å²) in [6.45, 7) is 0. The Hall–Kier alpha value is -2.77. The predicted molar refractivity (Wildman–Crippen MR) is 69.7 cm³/mol. The van der Waals surface area contributed by atoms with E-state index < -0.39 is 5.97 Å². The van der Waals surface area contributed by atoms with E-state index in [9.17, 15) is 9.59 Å². The molecule has 1 amide bonds. The fourth-order valence-electron chi connectivity index (χ4n) is 1.54. The quantitative estimate of drug-likeness (QED) is 0.724. The zero-order chi connectivity index (χ0) is 14.4. The van der Waals surface area contributed by atoms with Crippen molar-refractivity contribution in [3.05, 3.63) is 24.5 Å². The molecule has 104 valence electrons. The van der Waals surface area contributed by atoms with Crippen LogP contribution in [-0.4, -0.2) is 37.1 Å². The normalized spacial score (nSPS) is 10.2. The van der Waals surface area contributed by atoms with Gasteiger partial charge in [0.15, 0.2) is 5.82 Å². The number of carbonyl (C=O) groups is 2. The Kier molecular flexibility index (Phi) is 4.38. The van der Waals surface area contributed by atoms with Crippen molar-refractivity contribution in [1.82, 2.24) is 20.2 Å². The van der Waals surface area contributed by atoms with Crippen LogP contribution in [0, 0.1) is 0 Å². The number of carbonyl (C=O) groups excluding carboxylic acids is 1. The third-order valence-corrected chi connectivity index (χ3v) is 2.46. The number of rotatable bonds is 6. The summed E-state index contributed by atoms with van der Waals surface area (Å²) in [5.74, 6) is -0.570. The average Bonchev–Trinajstić information content (AvgIpc) is 2.88. The molecule has 2 aromatic heterocycles. The van der Waals surface area contributed by atoms with E-state index >= 15 is 0 Å². The van der Waals surface area contributed by atoms with Crippen molar-refractivity contribution in [2.45, 2.75) is 19.3 Å². The second kappa shape index (κ2) is 6.41. The number of H-pyrrole nitrogens is 1. The summed E-state index contributed by atoms with van der Waals surface area (Å²) in [7, 11) is 0. The van der Waals surface area contributed by atoms with Crippen molar-refractivity contribution in [2.24, 2.45) is 0 Å². The lowest BCUT2D eigenvalue weighted by atomic mass is 10.2. The maximum Gasteiger partial charge on any atom is 0.303 e. The molecular formula is C12H13N5O3. The van der Waals surface area contributed by atoms with Crippen molar-refractivity contribution in [3.8, 4) is 11.4 Å². The van der Waals surface area contributed by atoms with Crippen LogP contribution in [0.25, 0.3) is 11.4 Å². The highest BCUT2D eigenvalue weighted by molar-refractivity contribution is 5.89. The topological polar surface area (TPSA) is 121 Å². The summed E-state index contributed by atoms with van der Waals surface area (Å²) >= 11 is 0. The number of aromatic nitrogens is 4. The van der Waals surface area contributed by atoms with E-state index in [1.54, 1.807) is 24.5 Å².